The van der Waals surface area contributed by atoms with Crippen LogP contribution in [0.1, 0.15) is 43.0 Å². The third-order valence-corrected chi connectivity index (χ3v) is 3.51. The second-order valence-electron chi connectivity index (χ2n) is 4.78. The van der Waals surface area contributed by atoms with Gasteiger partial charge in [0.1, 0.15) is 5.82 Å². The summed E-state index contributed by atoms with van der Waals surface area (Å²) in [7, 11) is 0. The van der Waals surface area contributed by atoms with E-state index in [4.69, 9.17) is 5.73 Å². The summed E-state index contributed by atoms with van der Waals surface area (Å²) in [6, 6.07) is 3.84. The molecule has 1 aliphatic carbocycles. The minimum absolute atomic E-state index is 0.400. The molecule has 2 rings (SSSR count). The molecule has 17 heavy (non-hydrogen) atoms. The molecular weight excluding hydrogens is 214 g/mol. The number of nitrogens with two attached hydrogens (primary N) is 1. The minimum atomic E-state index is -0.427. The molecule has 0 bridgehead atoms. The summed E-state index contributed by atoms with van der Waals surface area (Å²) in [5.41, 5.74) is 5.81. The van der Waals surface area contributed by atoms with Crippen molar-refractivity contribution in [3.8, 4) is 0 Å². The first kappa shape index (κ1) is 11.9. The lowest BCUT2D eigenvalue weighted by Gasteiger charge is -2.30. The number of nitrogens with one attached hydrogen (secondary N) is 1. The van der Waals surface area contributed by atoms with Crippen molar-refractivity contribution in [2.45, 2.75) is 38.6 Å². The van der Waals surface area contributed by atoms with Crippen LogP contribution in [0.3, 0.4) is 0 Å². The summed E-state index contributed by atoms with van der Waals surface area (Å²) in [5, 5.41) is 3.37. The van der Waals surface area contributed by atoms with Crippen molar-refractivity contribution >= 4 is 11.7 Å². The van der Waals surface area contributed by atoms with Crippen molar-refractivity contribution in [3.63, 3.8) is 0 Å². The third-order valence-electron chi connectivity index (χ3n) is 3.51. The van der Waals surface area contributed by atoms with Gasteiger partial charge < -0.3 is 11.1 Å². The number of amides is 1. The van der Waals surface area contributed by atoms with Gasteiger partial charge in [-0.15, -0.1) is 0 Å². The molecule has 1 fully saturated rings. The normalized spacial score (nSPS) is 24.3. The zero-order valence-corrected chi connectivity index (χ0v) is 10.1. The van der Waals surface area contributed by atoms with Crippen molar-refractivity contribution in [1.82, 2.24) is 4.98 Å². The smallest absolute Gasteiger partial charge is 0.252 e. The predicted octanol–water partition coefficient (Wildman–Crippen LogP) is 2.17. The lowest BCUT2D eigenvalue weighted by atomic mass is 9.86. The first-order valence-electron chi connectivity index (χ1n) is 6.20. The van der Waals surface area contributed by atoms with E-state index in [2.05, 4.69) is 17.2 Å². The van der Waals surface area contributed by atoms with Crippen LogP contribution in [0, 0.1) is 5.92 Å². The van der Waals surface area contributed by atoms with Gasteiger partial charge in [0.05, 0.1) is 5.56 Å². The fourth-order valence-corrected chi connectivity index (χ4v) is 2.43. The SMILES string of the molecule is CC1CCCCC1Nc1ncccc1C(N)=O. The minimum Gasteiger partial charge on any atom is -0.366 e. The zero-order valence-electron chi connectivity index (χ0n) is 10.1. The molecule has 4 nitrogen and oxygen atoms in total. The summed E-state index contributed by atoms with van der Waals surface area (Å²) in [4.78, 5) is 15.5. The van der Waals surface area contributed by atoms with Gasteiger partial charge in [-0.05, 0) is 30.9 Å². The number of hydrogen-bond acceptors (Lipinski definition) is 3. The average Bonchev–Trinajstić information content (AvgIpc) is 2.32. The van der Waals surface area contributed by atoms with E-state index in [-0.39, 0.29) is 0 Å². The Bertz CT molecular complexity index is 405. The largest absolute Gasteiger partial charge is 0.366 e. The van der Waals surface area contributed by atoms with Crippen molar-refractivity contribution in [2.75, 3.05) is 5.32 Å². The molecule has 0 saturated heterocycles. The quantitative estimate of drug-likeness (QED) is 0.840. The van der Waals surface area contributed by atoms with Crippen molar-refractivity contribution in [1.29, 1.82) is 0 Å². The standard InChI is InChI=1S/C13H19N3O/c1-9-5-2-3-7-11(9)16-13-10(12(14)17)6-4-8-15-13/h4,6,8-9,11H,2-3,5,7H2,1H3,(H2,14,17)(H,15,16). The lowest BCUT2D eigenvalue weighted by molar-refractivity contribution is 0.100. The molecule has 92 valence electrons. The van der Waals surface area contributed by atoms with Gasteiger partial charge in [-0.2, -0.15) is 0 Å². The van der Waals surface area contributed by atoms with E-state index in [1.54, 1.807) is 18.3 Å². The maximum Gasteiger partial charge on any atom is 0.252 e. The Hall–Kier alpha value is -1.58. The van der Waals surface area contributed by atoms with E-state index in [0.717, 1.165) is 6.42 Å². The Morgan fingerprint density at radius 3 is 2.94 bits per heavy atom. The summed E-state index contributed by atoms with van der Waals surface area (Å²) >= 11 is 0. The van der Waals surface area contributed by atoms with Crippen LogP contribution in [0.5, 0.6) is 0 Å². The number of rotatable bonds is 3. The topological polar surface area (TPSA) is 68.0 Å². The van der Waals surface area contributed by atoms with E-state index in [1.807, 2.05) is 0 Å². The van der Waals surface area contributed by atoms with E-state index in [1.165, 1.54) is 19.3 Å². The fraction of sp³-hybridized carbons (Fsp3) is 0.538. The van der Waals surface area contributed by atoms with Gasteiger partial charge in [0.2, 0.25) is 0 Å². The molecule has 1 saturated carbocycles. The molecule has 0 radical (unpaired) electrons. The molecule has 0 aromatic carbocycles. The highest BCUT2D eigenvalue weighted by molar-refractivity contribution is 5.97. The Labute approximate surface area is 102 Å². The van der Waals surface area contributed by atoms with Crippen LogP contribution in [0.2, 0.25) is 0 Å². The molecule has 2 unspecified atom stereocenters. The van der Waals surface area contributed by atoms with Crippen LogP contribution in [-0.2, 0) is 0 Å². The Balaban J connectivity index is 2.14. The fourth-order valence-electron chi connectivity index (χ4n) is 2.43. The molecule has 1 heterocycles. The highest BCUT2D eigenvalue weighted by atomic mass is 16.1. The maximum absolute atomic E-state index is 11.3. The van der Waals surface area contributed by atoms with Crippen LogP contribution >= 0.6 is 0 Å². The molecule has 3 N–H and O–H groups in total. The number of hydrogen-bond donors (Lipinski definition) is 2. The number of pyridine rings is 1. The van der Waals surface area contributed by atoms with Gasteiger partial charge in [-0.3, -0.25) is 4.79 Å². The monoisotopic (exact) mass is 233 g/mol. The first-order chi connectivity index (χ1) is 8.18. The highest BCUT2D eigenvalue weighted by Crippen LogP contribution is 2.27. The van der Waals surface area contributed by atoms with Gasteiger partial charge >= 0.3 is 0 Å². The Morgan fingerprint density at radius 2 is 2.24 bits per heavy atom. The van der Waals surface area contributed by atoms with Crippen LogP contribution < -0.4 is 11.1 Å². The van der Waals surface area contributed by atoms with Gasteiger partial charge in [0.25, 0.3) is 5.91 Å². The molecule has 0 aliphatic heterocycles. The van der Waals surface area contributed by atoms with E-state index >= 15 is 0 Å². The number of aromatic nitrogens is 1. The number of carbonyl (C=O) groups is 1. The molecule has 2 atom stereocenters. The number of nitrogens with zero attached hydrogens (tertiary/aromatic N) is 1. The summed E-state index contributed by atoms with van der Waals surface area (Å²) in [6.07, 6.45) is 6.58. The predicted molar refractivity (Wildman–Crippen MR) is 67.8 cm³/mol. The summed E-state index contributed by atoms with van der Waals surface area (Å²) < 4.78 is 0. The summed E-state index contributed by atoms with van der Waals surface area (Å²) in [6.45, 7) is 2.24. The summed E-state index contributed by atoms with van der Waals surface area (Å²) in [5.74, 6) is 0.814. The van der Waals surface area contributed by atoms with E-state index < -0.39 is 5.91 Å². The Kier molecular flexibility index (Phi) is 3.61. The molecule has 1 aliphatic rings. The number of anilines is 1. The highest BCUT2D eigenvalue weighted by Gasteiger charge is 2.22. The molecule has 1 amide bonds. The van der Waals surface area contributed by atoms with Crippen molar-refractivity contribution in [2.24, 2.45) is 11.7 Å². The molecule has 1 aromatic rings. The second-order valence-corrected chi connectivity index (χ2v) is 4.78. The second kappa shape index (κ2) is 5.17. The number of carbonyl (C=O) groups excluding carboxylic acids is 1. The average molecular weight is 233 g/mol. The first-order valence-corrected chi connectivity index (χ1v) is 6.20. The lowest BCUT2D eigenvalue weighted by Crippen LogP contribution is -2.31. The van der Waals surface area contributed by atoms with Crippen LogP contribution in [0.15, 0.2) is 18.3 Å². The van der Waals surface area contributed by atoms with Crippen molar-refractivity contribution < 1.29 is 4.79 Å². The third kappa shape index (κ3) is 2.75. The van der Waals surface area contributed by atoms with Crippen LogP contribution in [-0.4, -0.2) is 16.9 Å². The van der Waals surface area contributed by atoms with Gasteiger partial charge in [0, 0.05) is 12.2 Å². The molecule has 4 heteroatoms. The van der Waals surface area contributed by atoms with Crippen LogP contribution in [0.25, 0.3) is 0 Å². The van der Waals surface area contributed by atoms with Crippen molar-refractivity contribution in [3.05, 3.63) is 23.9 Å². The van der Waals surface area contributed by atoms with E-state index in [0.29, 0.717) is 23.3 Å². The van der Waals surface area contributed by atoms with Gasteiger partial charge in [-0.25, -0.2) is 4.98 Å². The van der Waals surface area contributed by atoms with Gasteiger partial charge in [0.15, 0.2) is 0 Å². The number of primary amides is 1. The van der Waals surface area contributed by atoms with Gasteiger partial charge in [-0.1, -0.05) is 19.8 Å². The molecule has 1 aromatic heterocycles. The zero-order chi connectivity index (χ0) is 12.3. The Morgan fingerprint density at radius 1 is 1.47 bits per heavy atom. The van der Waals surface area contributed by atoms with E-state index in [9.17, 15) is 4.79 Å². The molecular formula is C13H19N3O. The van der Waals surface area contributed by atoms with Crippen LogP contribution in [0.4, 0.5) is 5.82 Å². The molecule has 0 spiro atoms. The maximum atomic E-state index is 11.3.